The van der Waals surface area contributed by atoms with E-state index in [1.54, 1.807) is 0 Å². The van der Waals surface area contributed by atoms with Crippen LogP contribution in [0.1, 0.15) is 0 Å². The molecule has 6 rings (SSSR count). The molecule has 0 amide bonds. The molecular weight excluding hydrogens is 290 g/mol. The largest absolute Gasteiger partial charge is 0.247 e. The van der Waals surface area contributed by atoms with Gasteiger partial charge in [-0.15, -0.1) is 0 Å². The van der Waals surface area contributed by atoms with Gasteiger partial charge in [0.25, 0.3) is 0 Å². The topological polar surface area (TPSA) is 12.9 Å². The normalized spacial score (nSPS) is 12.2. The van der Waals surface area contributed by atoms with Crippen LogP contribution in [-0.2, 0) is 0 Å². The van der Waals surface area contributed by atoms with E-state index in [-0.39, 0.29) is 0 Å². The molecule has 0 unspecified atom stereocenters. The van der Waals surface area contributed by atoms with Crippen molar-refractivity contribution >= 4 is 32.6 Å². The zero-order chi connectivity index (χ0) is 15.7. The van der Waals surface area contributed by atoms with Crippen LogP contribution in [0.15, 0.2) is 78.9 Å². The highest BCUT2D eigenvalue weighted by Crippen LogP contribution is 2.49. The van der Waals surface area contributed by atoms with E-state index in [1.807, 2.05) is 0 Å². The van der Waals surface area contributed by atoms with E-state index in [0.29, 0.717) is 0 Å². The lowest BCUT2D eigenvalue weighted by Gasteiger charge is -2.09. The summed E-state index contributed by atoms with van der Waals surface area (Å²) in [4.78, 5) is 5.05. The van der Waals surface area contributed by atoms with E-state index >= 15 is 0 Å². The van der Waals surface area contributed by atoms with E-state index in [1.165, 1.54) is 43.8 Å². The molecule has 1 aromatic heterocycles. The van der Waals surface area contributed by atoms with Gasteiger partial charge in [-0.25, -0.2) is 4.98 Å². The molecule has 0 saturated carbocycles. The lowest BCUT2D eigenvalue weighted by Crippen LogP contribution is -1.87. The summed E-state index contributed by atoms with van der Waals surface area (Å²) >= 11 is 0. The zero-order valence-electron chi connectivity index (χ0n) is 13.0. The maximum absolute atomic E-state index is 5.05. The fraction of sp³-hybridized carbons (Fsp3) is 0. The molecule has 0 fully saturated rings. The summed E-state index contributed by atoms with van der Waals surface area (Å²) < 4.78 is 0. The molecule has 1 heteroatoms. The molecule has 110 valence electrons. The second-order valence-corrected chi connectivity index (χ2v) is 6.41. The van der Waals surface area contributed by atoms with Crippen LogP contribution in [0, 0.1) is 0 Å². The highest BCUT2D eigenvalue weighted by Gasteiger charge is 2.24. The van der Waals surface area contributed by atoms with Crippen LogP contribution in [-0.4, -0.2) is 4.98 Å². The second kappa shape index (κ2) is 4.21. The number of nitrogens with zero attached hydrogens (tertiary/aromatic N) is 1. The first kappa shape index (κ1) is 12.3. The Kier molecular flexibility index (Phi) is 2.15. The van der Waals surface area contributed by atoms with Crippen molar-refractivity contribution in [2.75, 3.05) is 0 Å². The average Bonchev–Trinajstić information content (AvgIpc) is 2.99. The summed E-state index contributed by atoms with van der Waals surface area (Å²) in [5, 5.41) is 5.01. The molecule has 4 aromatic carbocycles. The summed E-state index contributed by atoms with van der Waals surface area (Å²) in [6.07, 6.45) is 0. The Morgan fingerprint density at radius 1 is 0.542 bits per heavy atom. The van der Waals surface area contributed by atoms with Gasteiger partial charge in [0, 0.05) is 21.7 Å². The van der Waals surface area contributed by atoms with Gasteiger partial charge in [-0.05, 0) is 28.1 Å². The smallest absolute Gasteiger partial charge is 0.0794 e. The molecule has 0 atom stereocenters. The summed E-state index contributed by atoms with van der Waals surface area (Å²) in [6.45, 7) is 0. The van der Waals surface area contributed by atoms with Gasteiger partial charge in [-0.1, -0.05) is 72.8 Å². The van der Waals surface area contributed by atoms with Crippen LogP contribution in [0.2, 0.25) is 0 Å². The Hall–Kier alpha value is -3.19. The highest BCUT2D eigenvalue weighted by molar-refractivity contribution is 6.24. The number of aromatic nitrogens is 1. The first-order chi connectivity index (χ1) is 11.9. The van der Waals surface area contributed by atoms with Crippen molar-refractivity contribution in [2.45, 2.75) is 0 Å². The molecule has 0 aliphatic heterocycles. The van der Waals surface area contributed by atoms with Crippen molar-refractivity contribution < 1.29 is 0 Å². The summed E-state index contributed by atoms with van der Waals surface area (Å²) in [5.41, 5.74) is 7.48. The Morgan fingerprint density at radius 3 is 2.29 bits per heavy atom. The quantitative estimate of drug-likeness (QED) is 0.241. The Labute approximate surface area is 139 Å². The third kappa shape index (κ3) is 1.38. The first-order valence-electron chi connectivity index (χ1n) is 8.26. The van der Waals surface area contributed by atoms with Gasteiger partial charge < -0.3 is 0 Å². The van der Waals surface area contributed by atoms with Gasteiger partial charge in [0.05, 0.1) is 11.0 Å². The van der Waals surface area contributed by atoms with E-state index in [9.17, 15) is 0 Å². The van der Waals surface area contributed by atoms with Gasteiger partial charge >= 0.3 is 0 Å². The number of fused-ring (bicyclic) bond motifs is 7. The van der Waals surface area contributed by atoms with Crippen molar-refractivity contribution in [1.82, 2.24) is 4.98 Å². The van der Waals surface area contributed by atoms with E-state index in [4.69, 9.17) is 4.98 Å². The van der Waals surface area contributed by atoms with Gasteiger partial charge in [0.1, 0.15) is 0 Å². The summed E-state index contributed by atoms with van der Waals surface area (Å²) in [6, 6.07) is 28.1. The molecule has 1 aliphatic rings. The number of rotatable bonds is 0. The van der Waals surface area contributed by atoms with Crippen LogP contribution in [0.3, 0.4) is 0 Å². The standard InChI is InChI=1S/C23H13N/c1-2-7-15-14(6-1)12-13-19-21-17-9-4-3-8-16(17)18-10-5-11-20(22(18)21)24-23(15)19/h1-13H. The fourth-order valence-corrected chi connectivity index (χ4v) is 4.17. The van der Waals surface area contributed by atoms with Gasteiger partial charge in [0.15, 0.2) is 0 Å². The molecule has 0 saturated heterocycles. The van der Waals surface area contributed by atoms with Crippen molar-refractivity contribution in [3.05, 3.63) is 78.9 Å². The Morgan fingerprint density at radius 2 is 1.33 bits per heavy atom. The van der Waals surface area contributed by atoms with E-state index < -0.39 is 0 Å². The molecule has 0 N–H and O–H groups in total. The van der Waals surface area contributed by atoms with Gasteiger partial charge in [-0.2, -0.15) is 0 Å². The predicted octanol–water partition coefficient (Wildman–Crippen LogP) is 6.19. The Balaban J connectivity index is 1.95. The van der Waals surface area contributed by atoms with Crippen LogP contribution < -0.4 is 0 Å². The predicted molar refractivity (Wildman–Crippen MR) is 101 cm³/mol. The minimum atomic E-state index is 1.09. The van der Waals surface area contributed by atoms with E-state index in [0.717, 1.165) is 11.0 Å². The van der Waals surface area contributed by atoms with Crippen LogP contribution in [0.5, 0.6) is 0 Å². The van der Waals surface area contributed by atoms with E-state index in [2.05, 4.69) is 78.9 Å². The monoisotopic (exact) mass is 303 g/mol. The minimum absolute atomic E-state index is 1.09. The van der Waals surface area contributed by atoms with Gasteiger partial charge in [-0.3, -0.25) is 0 Å². The number of pyridine rings is 1. The summed E-state index contributed by atoms with van der Waals surface area (Å²) in [5.74, 6) is 0. The molecule has 0 radical (unpaired) electrons. The molecule has 0 spiro atoms. The Bertz CT molecular complexity index is 1300. The second-order valence-electron chi connectivity index (χ2n) is 6.41. The molecule has 1 heterocycles. The highest BCUT2D eigenvalue weighted by atomic mass is 14.7. The lowest BCUT2D eigenvalue weighted by atomic mass is 9.97. The molecule has 1 nitrogen and oxygen atoms in total. The molecule has 1 aliphatic carbocycles. The molecule has 5 aromatic rings. The number of benzene rings is 4. The maximum atomic E-state index is 5.05. The van der Waals surface area contributed by atoms with Crippen LogP contribution in [0.25, 0.3) is 54.8 Å². The summed E-state index contributed by atoms with van der Waals surface area (Å²) in [7, 11) is 0. The maximum Gasteiger partial charge on any atom is 0.0794 e. The van der Waals surface area contributed by atoms with Crippen molar-refractivity contribution in [3.8, 4) is 22.3 Å². The number of hydrogen-bond donors (Lipinski definition) is 0. The molecule has 0 bridgehead atoms. The minimum Gasteiger partial charge on any atom is -0.247 e. The molecular formula is C23H13N. The lowest BCUT2D eigenvalue weighted by molar-refractivity contribution is 1.52. The fourth-order valence-electron chi connectivity index (χ4n) is 4.17. The van der Waals surface area contributed by atoms with Crippen molar-refractivity contribution in [3.63, 3.8) is 0 Å². The average molecular weight is 303 g/mol. The van der Waals surface area contributed by atoms with Crippen molar-refractivity contribution in [1.29, 1.82) is 0 Å². The molecule has 24 heavy (non-hydrogen) atoms. The number of hydrogen-bond acceptors (Lipinski definition) is 1. The van der Waals surface area contributed by atoms with Crippen molar-refractivity contribution in [2.24, 2.45) is 0 Å². The van der Waals surface area contributed by atoms with Crippen LogP contribution in [0.4, 0.5) is 0 Å². The third-order valence-electron chi connectivity index (χ3n) is 5.18. The van der Waals surface area contributed by atoms with Gasteiger partial charge in [0.2, 0.25) is 0 Å². The first-order valence-corrected chi connectivity index (χ1v) is 8.26. The zero-order valence-corrected chi connectivity index (χ0v) is 13.0. The third-order valence-corrected chi connectivity index (χ3v) is 5.18. The SMILES string of the molecule is c1ccc2c(c1)-c1cccc3nc4c(ccc5ccccc54)c-2c13. The van der Waals surface area contributed by atoms with Crippen LogP contribution >= 0.6 is 0 Å².